The summed E-state index contributed by atoms with van der Waals surface area (Å²) in [6.45, 7) is 5.57. The van der Waals surface area contributed by atoms with Crippen molar-refractivity contribution in [3.8, 4) is 0 Å². The first kappa shape index (κ1) is 11.3. The fourth-order valence-corrected chi connectivity index (χ4v) is 2.17. The van der Waals surface area contributed by atoms with Crippen molar-refractivity contribution in [1.29, 1.82) is 0 Å². The van der Waals surface area contributed by atoms with Gasteiger partial charge in [-0.2, -0.15) is 0 Å². The molecule has 2 fully saturated rings. The van der Waals surface area contributed by atoms with Crippen molar-refractivity contribution >= 4 is 0 Å². The minimum atomic E-state index is 0.751. The molecular weight excluding hydrogens is 216 g/mol. The summed E-state index contributed by atoms with van der Waals surface area (Å²) in [4.78, 5) is 2.39. The Morgan fingerprint density at radius 1 is 1.29 bits per heavy atom. The Kier molecular flexibility index (Phi) is 3.45. The highest BCUT2D eigenvalue weighted by atomic mass is 16.5. The fourth-order valence-electron chi connectivity index (χ4n) is 2.17. The SMILES string of the molecule is c1cc(CNC2CC2)c(CN2CCOCC2)o1. The van der Waals surface area contributed by atoms with Gasteiger partial charge in [0, 0.05) is 31.2 Å². The molecule has 1 N–H and O–H groups in total. The van der Waals surface area contributed by atoms with Gasteiger partial charge in [-0.15, -0.1) is 0 Å². The summed E-state index contributed by atoms with van der Waals surface area (Å²) < 4.78 is 10.9. The van der Waals surface area contributed by atoms with Gasteiger partial charge in [0.2, 0.25) is 0 Å². The summed E-state index contributed by atoms with van der Waals surface area (Å²) in [5, 5.41) is 3.53. The topological polar surface area (TPSA) is 37.6 Å². The second kappa shape index (κ2) is 5.21. The van der Waals surface area contributed by atoms with Crippen LogP contribution in [0.1, 0.15) is 24.2 Å². The normalized spacial score (nSPS) is 21.9. The summed E-state index contributed by atoms with van der Waals surface area (Å²) in [7, 11) is 0. The van der Waals surface area contributed by atoms with E-state index in [-0.39, 0.29) is 0 Å². The van der Waals surface area contributed by atoms with E-state index >= 15 is 0 Å². The average Bonchev–Trinajstić information content (AvgIpc) is 3.09. The Morgan fingerprint density at radius 2 is 2.12 bits per heavy atom. The maximum atomic E-state index is 5.60. The van der Waals surface area contributed by atoms with Gasteiger partial charge in [0.25, 0.3) is 0 Å². The van der Waals surface area contributed by atoms with Crippen LogP contribution in [0, 0.1) is 0 Å². The molecule has 0 spiro atoms. The van der Waals surface area contributed by atoms with Crippen molar-refractivity contribution < 1.29 is 9.15 Å². The van der Waals surface area contributed by atoms with Crippen molar-refractivity contribution in [1.82, 2.24) is 10.2 Å². The summed E-state index contributed by atoms with van der Waals surface area (Å²) in [6.07, 6.45) is 4.47. The number of nitrogens with one attached hydrogen (secondary N) is 1. The van der Waals surface area contributed by atoms with Gasteiger partial charge in [0.1, 0.15) is 5.76 Å². The third-order valence-electron chi connectivity index (χ3n) is 3.47. The molecule has 0 radical (unpaired) electrons. The van der Waals surface area contributed by atoms with Crippen molar-refractivity contribution in [2.45, 2.75) is 32.0 Å². The molecule has 2 heterocycles. The van der Waals surface area contributed by atoms with Crippen LogP contribution in [0.2, 0.25) is 0 Å². The molecule has 1 aliphatic carbocycles. The zero-order chi connectivity index (χ0) is 11.5. The number of hydrogen-bond donors (Lipinski definition) is 1. The van der Waals surface area contributed by atoms with E-state index in [4.69, 9.17) is 9.15 Å². The molecule has 0 atom stereocenters. The van der Waals surface area contributed by atoms with E-state index < -0.39 is 0 Å². The van der Waals surface area contributed by atoms with Crippen LogP contribution < -0.4 is 5.32 Å². The van der Waals surface area contributed by atoms with Crippen LogP contribution in [0.4, 0.5) is 0 Å². The zero-order valence-corrected chi connectivity index (χ0v) is 10.2. The van der Waals surface area contributed by atoms with E-state index in [1.54, 1.807) is 6.26 Å². The highest BCUT2D eigenvalue weighted by Gasteiger charge is 2.21. The fraction of sp³-hybridized carbons (Fsp3) is 0.692. The monoisotopic (exact) mass is 236 g/mol. The summed E-state index contributed by atoms with van der Waals surface area (Å²) in [5.41, 5.74) is 1.31. The van der Waals surface area contributed by atoms with Crippen LogP contribution in [0.3, 0.4) is 0 Å². The van der Waals surface area contributed by atoms with Crippen LogP contribution in [0.15, 0.2) is 16.7 Å². The molecule has 2 aliphatic rings. The molecule has 3 rings (SSSR count). The van der Waals surface area contributed by atoms with Gasteiger partial charge in [-0.1, -0.05) is 0 Å². The van der Waals surface area contributed by atoms with E-state index in [0.717, 1.165) is 51.2 Å². The number of ether oxygens (including phenoxy) is 1. The molecule has 1 aliphatic heterocycles. The zero-order valence-electron chi connectivity index (χ0n) is 10.2. The number of nitrogens with zero attached hydrogens (tertiary/aromatic N) is 1. The molecule has 1 aromatic rings. The van der Waals surface area contributed by atoms with Gasteiger partial charge in [-0.05, 0) is 18.9 Å². The smallest absolute Gasteiger partial charge is 0.122 e. The van der Waals surface area contributed by atoms with Crippen LogP contribution in [0.5, 0.6) is 0 Å². The molecule has 0 amide bonds. The molecular formula is C13H20N2O2. The van der Waals surface area contributed by atoms with E-state index in [0.29, 0.717) is 0 Å². The van der Waals surface area contributed by atoms with Gasteiger partial charge in [-0.3, -0.25) is 4.90 Å². The van der Waals surface area contributed by atoms with Crippen molar-refractivity contribution in [3.05, 3.63) is 23.7 Å². The molecule has 4 nitrogen and oxygen atoms in total. The van der Waals surface area contributed by atoms with E-state index in [9.17, 15) is 0 Å². The minimum Gasteiger partial charge on any atom is -0.468 e. The van der Waals surface area contributed by atoms with Crippen LogP contribution in [0.25, 0.3) is 0 Å². The Hall–Kier alpha value is -0.840. The maximum absolute atomic E-state index is 5.60. The number of morpholine rings is 1. The Labute approximate surface area is 102 Å². The predicted molar refractivity (Wildman–Crippen MR) is 64.7 cm³/mol. The standard InChI is InChI=1S/C13H20N2O2/c1-2-12(1)14-9-11-3-6-17-13(11)10-15-4-7-16-8-5-15/h3,6,12,14H,1-2,4-5,7-10H2. The van der Waals surface area contributed by atoms with Gasteiger partial charge in [-0.25, -0.2) is 0 Å². The summed E-state index contributed by atoms with van der Waals surface area (Å²) >= 11 is 0. The van der Waals surface area contributed by atoms with Crippen LogP contribution in [-0.4, -0.2) is 37.2 Å². The van der Waals surface area contributed by atoms with Crippen LogP contribution in [-0.2, 0) is 17.8 Å². The summed E-state index contributed by atoms with van der Waals surface area (Å²) in [5.74, 6) is 1.11. The first-order chi connectivity index (χ1) is 8.42. The molecule has 94 valence electrons. The summed E-state index contributed by atoms with van der Waals surface area (Å²) in [6, 6.07) is 2.84. The highest BCUT2D eigenvalue weighted by Crippen LogP contribution is 2.21. The van der Waals surface area contributed by atoms with E-state index in [1.165, 1.54) is 18.4 Å². The third kappa shape index (κ3) is 3.09. The number of hydrogen-bond acceptors (Lipinski definition) is 4. The molecule has 1 saturated carbocycles. The first-order valence-corrected chi connectivity index (χ1v) is 6.50. The lowest BCUT2D eigenvalue weighted by Crippen LogP contribution is -2.35. The Balaban J connectivity index is 1.55. The molecule has 1 aromatic heterocycles. The molecule has 17 heavy (non-hydrogen) atoms. The Bertz CT molecular complexity index is 354. The highest BCUT2D eigenvalue weighted by molar-refractivity contribution is 5.17. The molecule has 0 bridgehead atoms. The van der Waals surface area contributed by atoms with Gasteiger partial charge in [0.15, 0.2) is 0 Å². The molecule has 0 aromatic carbocycles. The molecule has 1 saturated heterocycles. The third-order valence-corrected chi connectivity index (χ3v) is 3.47. The largest absolute Gasteiger partial charge is 0.468 e. The van der Waals surface area contributed by atoms with Crippen LogP contribution >= 0.6 is 0 Å². The average molecular weight is 236 g/mol. The number of rotatable bonds is 5. The van der Waals surface area contributed by atoms with Crippen molar-refractivity contribution in [3.63, 3.8) is 0 Å². The lowest BCUT2D eigenvalue weighted by Gasteiger charge is -2.25. The minimum absolute atomic E-state index is 0.751. The van der Waals surface area contributed by atoms with Gasteiger partial charge in [0.05, 0.1) is 26.0 Å². The predicted octanol–water partition coefficient (Wildman–Crippen LogP) is 1.36. The van der Waals surface area contributed by atoms with Crippen molar-refractivity contribution in [2.24, 2.45) is 0 Å². The molecule has 0 unspecified atom stereocenters. The van der Waals surface area contributed by atoms with E-state index in [1.807, 2.05) is 0 Å². The lowest BCUT2D eigenvalue weighted by atomic mass is 10.2. The quantitative estimate of drug-likeness (QED) is 0.837. The van der Waals surface area contributed by atoms with Crippen molar-refractivity contribution in [2.75, 3.05) is 26.3 Å². The second-order valence-electron chi connectivity index (χ2n) is 4.91. The van der Waals surface area contributed by atoms with Gasteiger partial charge < -0.3 is 14.5 Å². The second-order valence-corrected chi connectivity index (χ2v) is 4.91. The molecule has 4 heteroatoms. The maximum Gasteiger partial charge on any atom is 0.122 e. The Morgan fingerprint density at radius 3 is 2.88 bits per heavy atom. The first-order valence-electron chi connectivity index (χ1n) is 6.50. The lowest BCUT2D eigenvalue weighted by molar-refractivity contribution is 0.0311. The number of furan rings is 1. The van der Waals surface area contributed by atoms with E-state index in [2.05, 4.69) is 16.3 Å². The van der Waals surface area contributed by atoms with Gasteiger partial charge >= 0.3 is 0 Å².